The van der Waals surface area contributed by atoms with Crippen LogP contribution in [0.5, 0.6) is 0 Å². The predicted octanol–water partition coefficient (Wildman–Crippen LogP) is 1.98. The lowest BCUT2D eigenvalue weighted by Gasteiger charge is -2.19. The fraction of sp³-hybridized carbons (Fsp3) is 0.462. The normalized spacial score (nSPS) is 21.3. The van der Waals surface area contributed by atoms with Gasteiger partial charge in [-0.05, 0) is 12.1 Å². The number of alkyl halides is 3. The van der Waals surface area contributed by atoms with E-state index in [0.29, 0.717) is 19.2 Å². The fourth-order valence-electron chi connectivity index (χ4n) is 2.22. The summed E-state index contributed by atoms with van der Waals surface area (Å²) in [5.41, 5.74) is -2.09. The summed E-state index contributed by atoms with van der Waals surface area (Å²) < 4.78 is 56.8. The van der Waals surface area contributed by atoms with E-state index in [2.05, 4.69) is 10.6 Å². The van der Waals surface area contributed by atoms with Crippen molar-refractivity contribution in [2.45, 2.75) is 18.3 Å². The number of halogens is 5. The van der Waals surface area contributed by atoms with Gasteiger partial charge in [-0.1, -0.05) is 6.07 Å². The van der Waals surface area contributed by atoms with Gasteiger partial charge in [0.15, 0.2) is 0 Å². The third-order valence-electron chi connectivity index (χ3n) is 3.33. The lowest BCUT2D eigenvalue weighted by molar-refractivity contribution is -0.140. The lowest BCUT2D eigenvalue weighted by Crippen LogP contribution is -2.43. The number of nitrogens with one attached hydrogen (secondary N) is 2. The lowest BCUT2D eigenvalue weighted by atomic mass is 10.1. The number of rotatable bonds is 3. The molecule has 2 rings (SSSR count). The molecule has 0 aliphatic carbocycles. The summed E-state index contributed by atoms with van der Waals surface area (Å²) >= 11 is 0. The number of ether oxygens (including phenoxy) is 1. The van der Waals surface area contributed by atoms with Gasteiger partial charge in [0.25, 0.3) is 5.91 Å². The second-order valence-corrected chi connectivity index (χ2v) is 4.68. The van der Waals surface area contributed by atoms with E-state index in [0.717, 1.165) is 12.1 Å². The molecule has 1 saturated heterocycles. The molecule has 1 fully saturated rings. The van der Waals surface area contributed by atoms with E-state index < -0.39 is 35.1 Å². The predicted molar refractivity (Wildman–Crippen MR) is 73.6 cm³/mol. The quantitative estimate of drug-likeness (QED) is 0.826. The summed E-state index contributed by atoms with van der Waals surface area (Å²) in [6, 6.07) is 2.20. The van der Waals surface area contributed by atoms with Crippen molar-refractivity contribution in [3.05, 3.63) is 35.1 Å². The number of benzene rings is 1. The largest absolute Gasteiger partial charge is 0.419 e. The number of hydrogen-bond acceptors (Lipinski definition) is 3. The molecular formula is C13H15ClF4N2O2. The molecule has 4 nitrogen and oxygen atoms in total. The summed E-state index contributed by atoms with van der Waals surface area (Å²) in [6.45, 7) is 0.914. The fourth-order valence-corrected chi connectivity index (χ4v) is 2.22. The average Bonchev–Trinajstić information content (AvgIpc) is 2.84. The van der Waals surface area contributed by atoms with E-state index in [1.165, 1.54) is 7.11 Å². The van der Waals surface area contributed by atoms with Crippen molar-refractivity contribution in [2.75, 3.05) is 20.2 Å². The van der Waals surface area contributed by atoms with Crippen LogP contribution in [0.25, 0.3) is 0 Å². The highest BCUT2D eigenvalue weighted by atomic mass is 35.5. The minimum atomic E-state index is -4.84. The van der Waals surface area contributed by atoms with Crippen LogP contribution in [0.2, 0.25) is 0 Å². The van der Waals surface area contributed by atoms with Crippen molar-refractivity contribution in [3.63, 3.8) is 0 Å². The van der Waals surface area contributed by atoms with Crippen LogP contribution in [-0.4, -0.2) is 38.3 Å². The highest BCUT2D eigenvalue weighted by molar-refractivity contribution is 5.95. The zero-order valence-corrected chi connectivity index (χ0v) is 12.4. The van der Waals surface area contributed by atoms with Gasteiger partial charge in [0.05, 0.1) is 23.3 Å². The van der Waals surface area contributed by atoms with Gasteiger partial charge in [-0.15, -0.1) is 12.4 Å². The Morgan fingerprint density at radius 1 is 1.36 bits per heavy atom. The number of carbonyl (C=O) groups excluding carboxylic acids is 1. The molecule has 22 heavy (non-hydrogen) atoms. The first-order valence-electron chi connectivity index (χ1n) is 6.24. The van der Waals surface area contributed by atoms with Crippen molar-refractivity contribution in [2.24, 2.45) is 0 Å². The second-order valence-electron chi connectivity index (χ2n) is 4.68. The third kappa shape index (κ3) is 3.88. The Bertz CT molecular complexity index is 539. The Balaban J connectivity index is 0.00000242. The molecule has 9 heteroatoms. The maximum atomic E-state index is 13.8. The first-order chi connectivity index (χ1) is 9.84. The smallest absolute Gasteiger partial charge is 0.378 e. The highest BCUT2D eigenvalue weighted by Crippen LogP contribution is 2.32. The Kier molecular flexibility index (Phi) is 6.16. The van der Waals surface area contributed by atoms with Gasteiger partial charge in [0.1, 0.15) is 5.82 Å². The van der Waals surface area contributed by atoms with Crippen molar-refractivity contribution >= 4 is 18.3 Å². The molecule has 0 bridgehead atoms. The molecule has 2 unspecified atom stereocenters. The standard InChI is InChI=1S/C13H14F4N2O2.ClH/c1-21-10-6-18-5-9(10)19-12(20)7-3-2-4-8(11(7)14)13(15,16)17;/h2-4,9-10,18H,5-6H2,1H3,(H,19,20);1H. The minimum absolute atomic E-state index is 0. The molecule has 0 radical (unpaired) electrons. The van der Waals surface area contributed by atoms with E-state index in [1.807, 2.05) is 0 Å². The Labute approximate surface area is 130 Å². The minimum Gasteiger partial charge on any atom is -0.378 e. The molecular weight excluding hydrogens is 328 g/mol. The number of methoxy groups -OCH3 is 1. The Morgan fingerprint density at radius 3 is 2.64 bits per heavy atom. The van der Waals surface area contributed by atoms with E-state index >= 15 is 0 Å². The zero-order valence-electron chi connectivity index (χ0n) is 11.5. The molecule has 1 heterocycles. The summed E-state index contributed by atoms with van der Waals surface area (Å²) in [5.74, 6) is -2.46. The van der Waals surface area contributed by atoms with Crippen LogP contribution in [0.4, 0.5) is 17.6 Å². The molecule has 1 aromatic carbocycles. The monoisotopic (exact) mass is 342 g/mol. The number of amides is 1. The van der Waals surface area contributed by atoms with Crippen LogP contribution >= 0.6 is 12.4 Å². The maximum Gasteiger partial charge on any atom is 0.419 e. The molecule has 0 aromatic heterocycles. The van der Waals surface area contributed by atoms with E-state index in [9.17, 15) is 22.4 Å². The van der Waals surface area contributed by atoms with Crippen LogP contribution in [-0.2, 0) is 10.9 Å². The molecule has 2 atom stereocenters. The average molecular weight is 343 g/mol. The molecule has 1 amide bonds. The SMILES string of the molecule is COC1CNCC1NC(=O)c1cccc(C(F)(F)F)c1F.Cl. The third-order valence-corrected chi connectivity index (χ3v) is 3.33. The van der Waals surface area contributed by atoms with E-state index in [4.69, 9.17) is 4.74 Å². The van der Waals surface area contributed by atoms with Crippen LogP contribution in [0.3, 0.4) is 0 Å². The van der Waals surface area contributed by atoms with Crippen molar-refractivity contribution < 1.29 is 27.1 Å². The van der Waals surface area contributed by atoms with Crippen molar-refractivity contribution in [1.82, 2.24) is 10.6 Å². The molecule has 1 aliphatic heterocycles. The van der Waals surface area contributed by atoms with Gasteiger partial charge in [-0.3, -0.25) is 4.79 Å². The number of carbonyl (C=O) groups is 1. The summed E-state index contributed by atoms with van der Waals surface area (Å²) in [5, 5.41) is 5.45. The number of hydrogen-bond donors (Lipinski definition) is 2. The molecule has 124 valence electrons. The van der Waals surface area contributed by atoms with Gasteiger partial charge >= 0.3 is 6.18 Å². The second kappa shape index (κ2) is 7.26. The summed E-state index contributed by atoms with van der Waals surface area (Å²) in [4.78, 5) is 12.0. The van der Waals surface area contributed by atoms with Gasteiger partial charge in [0, 0.05) is 20.2 Å². The maximum absolute atomic E-state index is 13.8. The van der Waals surface area contributed by atoms with E-state index in [1.54, 1.807) is 0 Å². The first-order valence-corrected chi connectivity index (χ1v) is 6.24. The van der Waals surface area contributed by atoms with Crippen LogP contribution < -0.4 is 10.6 Å². The van der Waals surface area contributed by atoms with Crippen LogP contribution in [0.1, 0.15) is 15.9 Å². The first kappa shape index (κ1) is 18.7. The molecule has 2 N–H and O–H groups in total. The molecule has 1 aliphatic rings. The van der Waals surface area contributed by atoms with E-state index in [-0.39, 0.29) is 18.5 Å². The summed E-state index contributed by atoms with van der Waals surface area (Å²) in [7, 11) is 1.46. The van der Waals surface area contributed by atoms with Gasteiger partial charge in [-0.25, -0.2) is 4.39 Å². The van der Waals surface area contributed by atoms with Gasteiger partial charge in [-0.2, -0.15) is 13.2 Å². The van der Waals surface area contributed by atoms with Crippen LogP contribution in [0, 0.1) is 5.82 Å². The van der Waals surface area contributed by atoms with Crippen molar-refractivity contribution in [3.8, 4) is 0 Å². The molecule has 0 saturated carbocycles. The zero-order chi connectivity index (χ0) is 15.6. The van der Waals surface area contributed by atoms with Crippen LogP contribution in [0.15, 0.2) is 18.2 Å². The molecule has 1 aromatic rings. The Hall–Kier alpha value is -1.38. The van der Waals surface area contributed by atoms with Gasteiger partial charge in [0.2, 0.25) is 0 Å². The summed E-state index contributed by atoms with van der Waals surface area (Å²) in [6.07, 6.45) is -5.15. The van der Waals surface area contributed by atoms with Gasteiger partial charge < -0.3 is 15.4 Å². The Morgan fingerprint density at radius 2 is 2.05 bits per heavy atom. The van der Waals surface area contributed by atoms with Crippen molar-refractivity contribution in [1.29, 1.82) is 0 Å². The molecule has 0 spiro atoms. The topological polar surface area (TPSA) is 50.4 Å². The highest BCUT2D eigenvalue weighted by Gasteiger charge is 2.36.